The van der Waals surface area contributed by atoms with Crippen molar-refractivity contribution in [2.24, 2.45) is 0 Å². The van der Waals surface area contributed by atoms with Crippen LogP contribution < -0.4 is 4.74 Å². The lowest BCUT2D eigenvalue weighted by atomic mass is 10.4. The molecule has 0 radical (unpaired) electrons. The van der Waals surface area contributed by atoms with Crippen LogP contribution in [0.1, 0.15) is 5.69 Å². The van der Waals surface area contributed by atoms with Gasteiger partial charge in [0, 0.05) is 11.8 Å². The van der Waals surface area contributed by atoms with Gasteiger partial charge in [0.15, 0.2) is 0 Å². The Balaban J connectivity index is 2.79. The van der Waals surface area contributed by atoms with Gasteiger partial charge >= 0.3 is 6.16 Å². The topological polar surface area (TPSA) is 72.3 Å². The fraction of sp³-hybridized carbons (Fsp3) is 0.167. The van der Waals surface area contributed by atoms with Crippen LogP contribution in [-0.2, 0) is 0 Å². The molecule has 0 atom stereocenters. The third-order valence-corrected chi connectivity index (χ3v) is 0.971. The molecule has 0 saturated carbocycles. The van der Waals surface area contributed by atoms with E-state index in [1.807, 2.05) is 0 Å². The average molecular weight is 154 g/mol. The first kappa shape index (κ1) is 7.46. The van der Waals surface area contributed by atoms with Crippen molar-refractivity contribution in [2.45, 2.75) is 6.92 Å². The van der Waals surface area contributed by atoms with Crippen molar-refractivity contribution in [1.29, 1.82) is 0 Å². The monoisotopic (exact) mass is 154 g/mol. The summed E-state index contributed by atoms with van der Waals surface area (Å²) in [5.41, 5.74) is 0.663. The van der Waals surface area contributed by atoms with Crippen LogP contribution in [0.3, 0.4) is 0 Å². The predicted octanol–water partition coefficient (Wildman–Crippen LogP) is 0.842. The fourth-order valence-electron chi connectivity index (χ4n) is 0.575. The minimum Gasteiger partial charge on any atom is -0.449 e. The lowest BCUT2D eigenvalue weighted by Gasteiger charge is -1.96. The van der Waals surface area contributed by atoms with E-state index in [1.54, 1.807) is 6.92 Å². The smallest absolute Gasteiger partial charge is 0.449 e. The first-order valence-corrected chi connectivity index (χ1v) is 2.88. The van der Waals surface area contributed by atoms with Crippen LogP contribution in [0.2, 0.25) is 0 Å². The molecule has 0 spiro atoms. The normalized spacial score (nSPS) is 9.18. The van der Waals surface area contributed by atoms with Crippen molar-refractivity contribution in [3.8, 4) is 5.88 Å². The van der Waals surface area contributed by atoms with Crippen LogP contribution in [-0.4, -0.2) is 21.2 Å². The lowest BCUT2D eigenvalue weighted by molar-refractivity contribution is 0.142. The summed E-state index contributed by atoms with van der Waals surface area (Å²) in [7, 11) is 0. The molecule has 1 aromatic heterocycles. The second-order valence-corrected chi connectivity index (χ2v) is 1.87. The summed E-state index contributed by atoms with van der Waals surface area (Å²) in [6.07, 6.45) is -0.128. The van der Waals surface area contributed by atoms with Crippen LogP contribution in [0.15, 0.2) is 12.4 Å². The van der Waals surface area contributed by atoms with Gasteiger partial charge in [-0.3, -0.25) is 0 Å². The number of ether oxygens (including phenoxy) is 1. The van der Waals surface area contributed by atoms with E-state index < -0.39 is 6.16 Å². The molecular weight excluding hydrogens is 148 g/mol. The minimum atomic E-state index is -1.37. The highest BCUT2D eigenvalue weighted by atomic mass is 16.7. The summed E-state index contributed by atoms with van der Waals surface area (Å²) in [6, 6.07) is 1.44. The average Bonchev–Trinajstić information content (AvgIpc) is 1.85. The molecule has 0 unspecified atom stereocenters. The van der Waals surface area contributed by atoms with Crippen molar-refractivity contribution < 1.29 is 14.6 Å². The van der Waals surface area contributed by atoms with Gasteiger partial charge in [-0.2, -0.15) is 0 Å². The number of hydrogen-bond acceptors (Lipinski definition) is 4. The van der Waals surface area contributed by atoms with E-state index in [0.717, 1.165) is 0 Å². The molecule has 0 aliphatic carbocycles. The number of aryl methyl sites for hydroxylation is 1. The minimum absolute atomic E-state index is 0.0463. The predicted molar refractivity (Wildman–Crippen MR) is 35.4 cm³/mol. The second kappa shape index (κ2) is 2.96. The Labute approximate surface area is 62.7 Å². The molecule has 1 N–H and O–H groups in total. The quantitative estimate of drug-likeness (QED) is 0.607. The van der Waals surface area contributed by atoms with Crippen LogP contribution >= 0.6 is 0 Å². The zero-order valence-corrected chi connectivity index (χ0v) is 5.81. The first-order valence-electron chi connectivity index (χ1n) is 2.88. The maximum absolute atomic E-state index is 10.00. The number of carbonyl (C=O) groups is 1. The van der Waals surface area contributed by atoms with E-state index in [4.69, 9.17) is 5.11 Å². The molecule has 0 aliphatic heterocycles. The third kappa shape index (κ3) is 2.21. The van der Waals surface area contributed by atoms with Crippen molar-refractivity contribution in [2.75, 3.05) is 0 Å². The summed E-state index contributed by atoms with van der Waals surface area (Å²) in [6.45, 7) is 1.72. The Bertz CT molecular complexity index is 274. The Morgan fingerprint density at radius 1 is 1.64 bits per heavy atom. The molecule has 11 heavy (non-hydrogen) atoms. The molecule has 58 valence electrons. The molecule has 0 fully saturated rings. The first-order chi connectivity index (χ1) is 5.18. The number of rotatable bonds is 1. The highest BCUT2D eigenvalue weighted by molar-refractivity contribution is 5.60. The highest BCUT2D eigenvalue weighted by Gasteiger charge is 2.00. The van der Waals surface area contributed by atoms with Gasteiger partial charge in [-0.1, -0.05) is 0 Å². The van der Waals surface area contributed by atoms with Gasteiger partial charge in [-0.05, 0) is 6.92 Å². The van der Waals surface area contributed by atoms with Crippen molar-refractivity contribution in [1.82, 2.24) is 9.97 Å². The lowest BCUT2D eigenvalue weighted by Crippen LogP contribution is -2.04. The molecule has 0 bridgehead atoms. The maximum atomic E-state index is 10.00. The molecule has 1 aromatic rings. The molecule has 5 heteroatoms. The van der Waals surface area contributed by atoms with E-state index in [2.05, 4.69) is 14.7 Å². The second-order valence-electron chi connectivity index (χ2n) is 1.87. The Kier molecular flexibility index (Phi) is 2.00. The largest absolute Gasteiger partial charge is 0.512 e. The van der Waals surface area contributed by atoms with Gasteiger partial charge in [0.2, 0.25) is 5.88 Å². The summed E-state index contributed by atoms with van der Waals surface area (Å²) in [5.74, 6) is 0.0463. The summed E-state index contributed by atoms with van der Waals surface area (Å²) in [5, 5.41) is 8.18. The fourth-order valence-corrected chi connectivity index (χ4v) is 0.575. The Hall–Kier alpha value is -1.65. The number of carboxylic acid groups (broad SMARTS) is 1. The SMILES string of the molecule is Cc1cc(OC(=O)O)ncn1. The Morgan fingerprint density at radius 2 is 2.36 bits per heavy atom. The van der Waals surface area contributed by atoms with Crippen molar-refractivity contribution >= 4 is 6.16 Å². The maximum Gasteiger partial charge on any atom is 0.512 e. The van der Waals surface area contributed by atoms with Gasteiger partial charge in [-0.25, -0.2) is 14.8 Å². The van der Waals surface area contributed by atoms with Gasteiger partial charge in [-0.15, -0.1) is 0 Å². The van der Waals surface area contributed by atoms with Gasteiger partial charge < -0.3 is 9.84 Å². The summed E-state index contributed by atoms with van der Waals surface area (Å²) < 4.78 is 4.26. The summed E-state index contributed by atoms with van der Waals surface area (Å²) >= 11 is 0. The molecule has 1 heterocycles. The number of aromatic nitrogens is 2. The van der Waals surface area contributed by atoms with Crippen molar-refractivity contribution in [3.63, 3.8) is 0 Å². The third-order valence-electron chi connectivity index (χ3n) is 0.971. The van der Waals surface area contributed by atoms with Crippen LogP contribution in [0.5, 0.6) is 5.88 Å². The van der Waals surface area contributed by atoms with Crippen molar-refractivity contribution in [3.05, 3.63) is 18.1 Å². The van der Waals surface area contributed by atoms with E-state index in [-0.39, 0.29) is 5.88 Å². The van der Waals surface area contributed by atoms with E-state index in [0.29, 0.717) is 5.69 Å². The molecule has 0 aromatic carbocycles. The molecule has 1 rings (SSSR count). The van der Waals surface area contributed by atoms with E-state index >= 15 is 0 Å². The van der Waals surface area contributed by atoms with Gasteiger partial charge in [0.25, 0.3) is 0 Å². The molecule has 0 saturated heterocycles. The zero-order chi connectivity index (χ0) is 8.27. The molecular formula is C6H6N2O3. The Morgan fingerprint density at radius 3 is 2.91 bits per heavy atom. The highest BCUT2D eigenvalue weighted by Crippen LogP contribution is 2.04. The van der Waals surface area contributed by atoms with Gasteiger partial charge in [0.1, 0.15) is 6.33 Å². The molecule has 5 nitrogen and oxygen atoms in total. The summed E-state index contributed by atoms with van der Waals surface area (Å²) in [4.78, 5) is 17.3. The van der Waals surface area contributed by atoms with Crippen LogP contribution in [0.25, 0.3) is 0 Å². The number of hydrogen-bond donors (Lipinski definition) is 1. The van der Waals surface area contributed by atoms with E-state index in [9.17, 15) is 4.79 Å². The van der Waals surface area contributed by atoms with E-state index in [1.165, 1.54) is 12.4 Å². The zero-order valence-electron chi connectivity index (χ0n) is 5.81. The van der Waals surface area contributed by atoms with Crippen LogP contribution in [0, 0.1) is 6.92 Å². The number of nitrogens with zero attached hydrogens (tertiary/aromatic N) is 2. The molecule has 0 aliphatic rings. The standard InChI is InChI=1S/C6H6N2O3/c1-4-2-5(8-3-7-4)11-6(9)10/h2-3H,1H3,(H,9,10). The van der Waals surface area contributed by atoms with Crippen LogP contribution in [0.4, 0.5) is 4.79 Å². The van der Waals surface area contributed by atoms with Gasteiger partial charge in [0.05, 0.1) is 0 Å². The molecule has 0 amide bonds.